The number of allylic oxidation sites excluding steroid dienone is 1. The maximum Gasteiger partial charge on any atom is 0.0465 e. The molecule has 70 valence electrons. The lowest BCUT2D eigenvalue weighted by Gasteiger charge is -2.11. The molecule has 0 unspecified atom stereocenters. The van der Waals surface area contributed by atoms with E-state index in [-0.39, 0.29) is 6.61 Å². The third-order valence-electron chi connectivity index (χ3n) is 2.13. The van der Waals surface area contributed by atoms with Crippen molar-refractivity contribution >= 4 is 0 Å². The summed E-state index contributed by atoms with van der Waals surface area (Å²) in [5, 5.41) is 9.07. The van der Waals surface area contributed by atoms with E-state index in [0.717, 1.165) is 12.8 Å². The van der Waals surface area contributed by atoms with Gasteiger partial charge in [0.05, 0.1) is 0 Å². The summed E-state index contributed by atoms with van der Waals surface area (Å²) >= 11 is 0. The normalized spacial score (nSPS) is 12.4. The van der Waals surface area contributed by atoms with Crippen LogP contribution < -0.4 is 0 Å². The molecule has 0 bridgehead atoms. The molecule has 1 atom stereocenters. The molecule has 0 fully saturated rings. The smallest absolute Gasteiger partial charge is 0.0465 e. The predicted molar refractivity (Wildman–Crippen MR) is 55.5 cm³/mol. The zero-order chi connectivity index (χ0) is 9.52. The van der Waals surface area contributed by atoms with Crippen molar-refractivity contribution in [2.45, 2.75) is 12.8 Å². The zero-order valence-corrected chi connectivity index (χ0v) is 7.82. The fourth-order valence-corrected chi connectivity index (χ4v) is 1.41. The molecule has 1 nitrogen and oxygen atoms in total. The van der Waals surface area contributed by atoms with E-state index in [1.54, 1.807) is 0 Å². The minimum absolute atomic E-state index is 0.237. The standard InChI is InChI=1S/C12H16O/c1-2-6-12(10-13)9-11-7-4-3-5-8-11/h2-5,7-8,12-13H,1,6,9-10H2/t12-/m1/s1. The monoisotopic (exact) mass is 176 g/mol. The van der Waals surface area contributed by atoms with Crippen LogP contribution in [0.3, 0.4) is 0 Å². The molecule has 0 amide bonds. The molecule has 0 saturated heterocycles. The first-order chi connectivity index (χ1) is 6.36. The van der Waals surface area contributed by atoms with Crippen molar-refractivity contribution in [1.29, 1.82) is 0 Å². The van der Waals surface area contributed by atoms with Gasteiger partial charge in [-0.2, -0.15) is 0 Å². The molecule has 0 saturated carbocycles. The van der Waals surface area contributed by atoms with Crippen LogP contribution in [0.15, 0.2) is 43.0 Å². The van der Waals surface area contributed by atoms with Gasteiger partial charge in [-0.05, 0) is 24.3 Å². The van der Waals surface area contributed by atoms with Crippen LogP contribution in [0.2, 0.25) is 0 Å². The molecule has 0 spiro atoms. The maximum atomic E-state index is 9.07. The minimum atomic E-state index is 0.237. The van der Waals surface area contributed by atoms with Crippen LogP contribution >= 0.6 is 0 Å². The van der Waals surface area contributed by atoms with Gasteiger partial charge in [0.1, 0.15) is 0 Å². The number of aliphatic hydroxyl groups excluding tert-OH is 1. The second-order valence-electron chi connectivity index (χ2n) is 3.26. The highest BCUT2D eigenvalue weighted by Gasteiger charge is 2.05. The summed E-state index contributed by atoms with van der Waals surface area (Å²) < 4.78 is 0. The molecule has 0 aliphatic carbocycles. The molecule has 1 aromatic carbocycles. The number of rotatable bonds is 5. The SMILES string of the molecule is C=CC[C@@H](CO)Cc1ccccc1. The molecule has 1 rings (SSSR count). The van der Waals surface area contributed by atoms with Crippen LogP contribution in [0, 0.1) is 5.92 Å². The van der Waals surface area contributed by atoms with Crippen molar-refractivity contribution in [3.63, 3.8) is 0 Å². The van der Waals surface area contributed by atoms with Crippen LogP contribution in [-0.2, 0) is 6.42 Å². The Hall–Kier alpha value is -1.08. The Morgan fingerprint density at radius 1 is 1.31 bits per heavy atom. The Kier molecular flexibility index (Phi) is 4.27. The summed E-state index contributed by atoms with van der Waals surface area (Å²) in [6, 6.07) is 10.2. The maximum absolute atomic E-state index is 9.07. The van der Waals surface area contributed by atoms with Crippen LogP contribution in [0.1, 0.15) is 12.0 Å². The molecule has 1 aromatic rings. The Bertz CT molecular complexity index is 241. The van der Waals surface area contributed by atoms with E-state index < -0.39 is 0 Å². The van der Waals surface area contributed by atoms with Crippen molar-refractivity contribution in [2.24, 2.45) is 5.92 Å². The molecule has 13 heavy (non-hydrogen) atoms. The number of benzene rings is 1. The van der Waals surface area contributed by atoms with Gasteiger partial charge in [0.2, 0.25) is 0 Å². The predicted octanol–water partition coefficient (Wildman–Crippen LogP) is 2.41. The Morgan fingerprint density at radius 2 is 2.00 bits per heavy atom. The molecule has 0 aromatic heterocycles. The van der Waals surface area contributed by atoms with Crippen LogP contribution in [0.4, 0.5) is 0 Å². The van der Waals surface area contributed by atoms with E-state index in [0.29, 0.717) is 5.92 Å². The molecule has 0 aliphatic heterocycles. The molecular weight excluding hydrogens is 160 g/mol. The first-order valence-electron chi connectivity index (χ1n) is 4.62. The van der Waals surface area contributed by atoms with E-state index in [9.17, 15) is 0 Å². The summed E-state index contributed by atoms with van der Waals surface area (Å²) in [5.74, 6) is 0.319. The highest BCUT2D eigenvalue weighted by molar-refractivity contribution is 5.15. The lowest BCUT2D eigenvalue weighted by Crippen LogP contribution is -2.08. The van der Waals surface area contributed by atoms with Gasteiger partial charge in [-0.1, -0.05) is 36.4 Å². The first-order valence-corrected chi connectivity index (χ1v) is 4.62. The van der Waals surface area contributed by atoms with E-state index in [1.165, 1.54) is 5.56 Å². The summed E-state index contributed by atoms with van der Waals surface area (Å²) in [7, 11) is 0. The summed E-state index contributed by atoms with van der Waals surface area (Å²) in [5.41, 5.74) is 1.28. The molecule has 0 radical (unpaired) electrons. The van der Waals surface area contributed by atoms with Gasteiger partial charge in [-0.3, -0.25) is 0 Å². The van der Waals surface area contributed by atoms with Crippen molar-refractivity contribution < 1.29 is 5.11 Å². The number of aliphatic hydroxyl groups is 1. The lowest BCUT2D eigenvalue weighted by molar-refractivity contribution is 0.227. The van der Waals surface area contributed by atoms with E-state index in [2.05, 4.69) is 18.7 Å². The lowest BCUT2D eigenvalue weighted by atomic mass is 9.97. The quantitative estimate of drug-likeness (QED) is 0.683. The Morgan fingerprint density at radius 3 is 2.54 bits per heavy atom. The van der Waals surface area contributed by atoms with Crippen molar-refractivity contribution in [1.82, 2.24) is 0 Å². The van der Waals surface area contributed by atoms with Crippen molar-refractivity contribution in [3.05, 3.63) is 48.6 Å². The molecule has 0 aliphatic rings. The van der Waals surface area contributed by atoms with Crippen molar-refractivity contribution in [2.75, 3.05) is 6.61 Å². The number of hydrogen-bond donors (Lipinski definition) is 1. The van der Waals surface area contributed by atoms with Crippen LogP contribution in [-0.4, -0.2) is 11.7 Å². The fraction of sp³-hybridized carbons (Fsp3) is 0.333. The zero-order valence-electron chi connectivity index (χ0n) is 7.82. The fourth-order valence-electron chi connectivity index (χ4n) is 1.41. The average Bonchev–Trinajstić information content (AvgIpc) is 2.19. The second-order valence-corrected chi connectivity index (χ2v) is 3.26. The van der Waals surface area contributed by atoms with Gasteiger partial charge in [0.25, 0.3) is 0 Å². The summed E-state index contributed by atoms with van der Waals surface area (Å²) in [6.07, 6.45) is 3.68. The third kappa shape index (κ3) is 3.43. The highest BCUT2D eigenvalue weighted by atomic mass is 16.3. The first kappa shape index (κ1) is 10.0. The van der Waals surface area contributed by atoms with E-state index >= 15 is 0 Å². The van der Waals surface area contributed by atoms with Crippen LogP contribution in [0.25, 0.3) is 0 Å². The van der Waals surface area contributed by atoms with Gasteiger partial charge < -0.3 is 5.11 Å². The van der Waals surface area contributed by atoms with Gasteiger partial charge in [0.15, 0.2) is 0 Å². The Balaban J connectivity index is 2.51. The Labute approximate surface area is 79.7 Å². The van der Waals surface area contributed by atoms with Gasteiger partial charge in [-0.25, -0.2) is 0 Å². The van der Waals surface area contributed by atoms with Gasteiger partial charge in [-0.15, -0.1) is 6.58 Å². The molecule has 1 heteroatoms. The highest BCUT2D eigenvalue weighted by Crippen LogP contribution is 2.11. The van der Waals surface area contributed by atoms with Crippen LogP contribution in [0.5, 0.6) is 0 Å². The number of hydrogen-bond acceptors (Lipinski definition) is 1. The van der Waals surface area contributed by atoms with Gasteiger partial charge in [0, 0.05) is 6.61 Å². The topological polar surface area (TPSA) is 20.2 Å². The average molecular weight is 176 g/mol. The van der Waals surface area contributed by atoms with E-state index in [4.69, 9.17) is 5.11 Å². The van der Waals surface area contributed by atoms with Crippen molar-refractivity contribution in [3.8, 4) is 0 Å². The third-order valence-corrected chi connectivity index (χ3v) is 2.13. The molecule has 0 heterocycles. The van der Waals surface area contributed by atoms with E-state index in [1.807, 2.05) is 24.3 Å². The summed E-state index contributed by atoms with van der Waals surface area (Å²) in [6.45, 7) is 3.92. The summed E-state index contributed by atoms with van der Waals surface area (Å²) in [4.78, 5) is 0. The molecule has 1 N–H and O–H groups in total. The molecular formula is C12H16O. The minimum Gasteiger partial charge on any atom is -0.396 e. The largest absolute Gasteiger partial charge is 0.396 e. The van der Waals surface area contributed by atoms with Gasteiger partial charge >= 0.3 is 0 Å². The second kappa shape index (κ2) is 5.55.